The topological polar surface area (TPSA) is 83.0 Å². The van der Waals surface area contributed by atoms with Crippen molar-refractivity contribution in [1.29, 1.82) is 0 Å². The van der Waals surface area contributed by atoms with Gasteiger partial charge in [0, 0.05) is 26.3 Å². The van der Waals surface area contributed by atoms with Crippen molar-refractivity contribution in [2.24, 2.45) is 4.99 Å². The highest BCUT2D eigenvalue weighted by Crippen LogP contribution is 2.29. The van der Waals surface area contributed by atoms with Crippen molar-refractivity contribution in [1.82, 2.24) is 14.4 Å². The molecule has 0 aliphatic carbocycles. The number of nitrogens with one attached hydrogen (secondary N) is 1. The zero-order valence-corrected chi connectivity index (χ0v) is 18.1. The Kier molecular flexibility index (Phi) is 5.15. The van der Waals surface area contributed by atoms with Crippen LogP contribution >= 0.6 is 11.6 Å². The summed E-state index contributed by atoms with van der Waals surface area (Å²) in [5.41, 5.74) is 1.93. The van der Waals surface area contributed by atoms with E-state index in [2.05, 4.69) is 14.9 Å². The molecule has 1 N–H and O–H groups in total. The van der Waals surface area contributed by atoms with Crippen molar-refractivity contribution < 1.29 is 18.9 Å². The van der Waals surface area contributed by atoms with Crippen LogP contribution in [-0.2, 0) is 11.3 Å². The number of amides is 3. The number of aryl methyl sites for hydroxylation is 1. The van der Waals surface area contributed by atoms with Gasteiger partial charge in [0.2, 0.25) is 11.9 Å². The molecule has 1 aromatic heterocycles. The Morgan fingerprint density at radius 1 is 1.27 bits per heavy atom. The number of hydrogen-bond donors (Lipinski definition) is 1. The SMILES string of the molecule is COc1ccc(NCCCn2c(C)c[n+]3c2N=C2C3C(=O)N(C)C(=O)N2C)cc1Cl. The number of anilines is 1. The van der Waals surface area contributed by atoms with E-state index < -0.39 is 6.04 Å². The van der Waals surface area contributed by atoms with E-state index in [0.29, 0.717) is 22.6 Å². The molecule has 1 saturated heterocycles. The predicted octanol–water partition coefficient (Wildman–Crippen LogP) is 2.36. The predicted molar refractivity (Wildman–Crippen MR) is 113 cm³/mol. The number of nitrogens with zero attached hydrogens (tertiary/aromatic N) is 5. The standard InChI is InChI=1S/C20H24ClN6O3/c1-12-11-27-16-17(24(2)20(29)25(3)18(16)28)23-19(27)26(12)9-5-8-22-13-6-7-15(30-4)14(21)10-13/h6-7,10-11,16,22H,5,8-9H2,1-4H3/q+1. The summed E-state index contributed by atoms with van der Waals surface area (Å²) in [5, 5.41) is 3.91. The maximum absolute atomic E-state index is 12.7. The lowest BCUT2D eigenvalue weighted by Gasteiger charge is -2.30. The lowest BCUT2D eigenvalue weighted by atomic mass is 10.2. The number of carbonyl (C=O) groups excluding carboxylic acids is 2. The Bertz CT molecular complexity index is 1060. The Hall–Kier alpha value is -3.07. The quantitative estimate of drug-likeness (QED) is 0.562. The Morgan fingerprint density at radius 2 is 2.03 bits per heavy atom. The third-order valence-corrected chi connectivity index (χ3v) is 5.78. The molecule has 10 heteroatoms. The van der Waals surface area contributed by atoms with Crippen molar-refractivity contribution in [3.8, 4) is 5.75 Å². The molecule has 4 rings (SSSR count). The normalized spacial score (nSPS) is 17.8. The number of benzene rings is 1. The summed E-state index contributed by atoms with van der Waals surface area (Å²) in [6, 6.07) is 4.62. The zero-order valence-electron chi connectivity index (χ0n) is 17.3. The van der Waals surface area contributed by atoms with Crippen molar-refractivity contribution in [3.05, 3.63) is 35.1 Å². The minimum absolute atomic E-state index is 0.268. The first-order valence-electron chi connectivity index (χ1n) is 9.66. The van der Waals surface area contributed by atoms with E-state index in [-0.39, 0.29) is 11.9 Å². The van der Waals surface area contributed by atoms with Crippen LogP contribution in [0.3, 0.4) is 0 Å². The second-order valence-electron chi connectivity index (χ2n) is 7.37. The van der Waals surface area contributed by atoms with Crippen LogP contribution in [-0.4, -0.2) is 59.9 Å². The summed E-state index contributed by atoms with van der Waals surface area (Å²) in [5.74, 6) is 1.53. The molecule has 1 aromatic carbocycles. The average molecular weight is 432 g/mol. The van der Waals surface area contributed by atoms with Gasteiger partial charge in [0.15, 0.2) is 0 Å². The molecule has 30 heavy (non-hydrogen) atoms. The van der Waals surface area contributed by atoms with E-state index >= 15 is 0 Å². The van der Waals surface area contributed by atoms with Gasteiger partial charge in [0.25, 0.3) is 5.91 Å². The van der Waals surface area contributed by atoms with Crippen LogP contribution in [0.5, 0.6) is 5.75 Å². The van der Waals surface area contributed by atoms with Crippen LogP contribution in [0, 0.1) is 6.92 Å². The molecule has 3 heterocycles. The van der Waals surface area contributed by atoms with Crippen LogP contribution in [0.4, 0.5) is 16.4 Å². The van der Waals surface area contributed by atoms with E-state index in [1.54, 1.807) is 14.2 Å². The summed E-state index contributed by atoms with van der Waals surface area (Å²) >= 11 is 6.17. The minimum atomic E-state index is -0.591. The first kappa shape index (κ1) is 20.2. The number of aromatic nitrogens is 2. The van der Waals surface area contributed by atoms with Crippen molar-refractivity contribution >= 4 is 41.0 Å². The number of hydrogen-bond acceptors (Lipinski definition) is 5. The Balaban J connectivity index is 1.46. The summed E-state index contributed by atoms with van der Waals surface area (Å²) in [7, 11) is 4.73. The molecule has 0 bridgehead atoms. The zero-order chi connectivity index (χ0) is 21.6. The number of urea groups is 1. The molecule has 2 aliphatic rings. The van der Waals surface area contributed by atoms with E-state index in [1.165, 1.54) is 11.9 Å². The summed E-state index contributed by atoms with van der Waals surface area (Å²) < 4.78 is 9.09. The van der Waals surface area contributed by atoms with E-state index in [1.807, 2.05) is 35.9 Å². The monoisotopic (exact) mass is 431 g/mol. The summed E-state index contributed by atoms with van der Waals surface area (Å²) in [4.78, 5) is 32.1. The van der Waals surface area contributed by atoms with Crippen LogP contribution in [0.1, 0.15) is 18.2 Å². The number of likely N-dealkylation sites (N-methyl/N-ethyl adjacent to an activating group) is 2. The lowest BCUT2D eigenvalue weighted by Crippen LogP contribution is -2.61. The number of halogens is 1. The summed E-state index contributed by atoms with van der Waals surface area (Å²) in [6.07, 6.45) is 2.76. The fraction of sp³-hybridized carbons (Fsp3) is 0.400. The van der Waals surface area contributed by atoms with Gasteiger partial charge in [-0.3, -0.25) is 14.6 Å². The molecule has 9 nitrogen and oxygen atoms in total. The van der Waals surface area contributed by atoms with Gasteiger partial charge in [-0.1, -0.05) is 16.6 Å². The Morgan fingerprint density at radius 3 is 2.73 bits per heavy atom. The van der Waals surface area contributed by atoms with Gasteiger partial charge in [0.05, 0.1) is 18.7 Å². The number of imidazole rings is 1. The van der Waals surface area contributed by atoms with Crippen LogP contribution in [0.25, 0.3) is 0 Å². The fourth-order valence-electron chi connectivity index (χ4n) is 3.83. The summed E-state index contributed by atoms with van der Waals surface area (Å²) in [6.45, 7) is 3.44. The molecule has 1 unspecified atom stereocenters. The van der Waals surface area contributed by atoms with Crippen molar-refractivity contribution in [2.75, 3.05) is 33.1 Å². The second-order valence-corrected chi connectivity index (χ2v) is 7.78. The smallest absolute Gasteiger partial charge is 0.401 e. The molecule has 0 radical (unpaired) electrons. The van der Waals surface area contributed by atoms with Crippen molar-refractivity contribution in [3.63, 3.8) is 0 Å². The number of rotatable bonds is 6. The van der Waals surface area contributed by atoms with Gasteiger partial charge in [-0.25, -0.2) is 13.9 Å². The molecule has 1 fully saturated rings. The largest absolute Gasteiger partial charge is 0.495 e. The molecule has 1 atom stereocenters. The highest BCUT2D eigenvalue weighted by atomic mass is 35.5. The number of carbonyl (C=O) groups is 2. The molecule has 2 aromatic rings. The highest BCUT2D eigenvalue weighted by Gasteiger charge is 2.52. The molecule has 0 spiro atoms. The maximum Gasteiger partial charge on any atom is 0.401 e. The fourth-order valence-corrected chi connectivity index (χ4v) is 4.09. The van der Waals surface area contributed by atoms with Gasteiger partial charge < -0.3 is 10.1 Å². The highest BCUT2D eigenvalue weighted by molar-refractivity contribution is 6.32. The molecule has 0 saturated carbocycles. The third-order valence-electron chi connectivity index (χ3n) is 5.48. The van der Waals surface area contributed by atoms with E-state index in [9.17, 15) is 9.59 Å². The molecule has 158 valence electrons. The molecular weight excluding hydrogens is 408 g/mol. The second kappa shape index (κ2) is 7.64. The first-order chi connectivity index (χ1) is 14.3. The van der Waals surface area contributed by atoms with E-state index in [4.69, 9.17) is 16.3 Å². The Labute approximate surface area is 179 Å². The van der Waals surface area contributed by atoms with Crippen LogP contribution in [0.15, 0.2) is 29.4 Å². The van der Waals surface area contributed by atoms with Crippen molar-refractivity contribution in [2.45, 2.75) is 25.9 Å². The molecule has 3 amide bonds. The maximum atomic E-state index is 12.7. The van der Waals surface area contributed by atoms with Gasteiger partial charge in [-0.15, -0.1) is 0 Å². The number of methoxy groups -OCH3 is 1. The molecular formula is C20H24ClN6O3+. The van der Waals surface area contributed by atoms with Gasteiger partial charge in [0.1, 0.15) is 17.6 Å². The van der Waals surface area contributed by atoms with Gasteiger partial charge >= 0.3 is 12.0 Å². The molecule has 2 aliphatic heterocycles. The number of amidine groups is 1. The first-order valence-corrected chi connectivity index (χ1v) is 10.0. The van der Waals surface area contributed by atoms with E-state index in [0.717, 1.165) is 35.8 Å². The number of fused-ring (bicyclic) bond motifs is 3. The van der Waals surface area contributed by atoms with Crippen LogP contribution in [0.2, 0.25) is 5.02 Å². The third kappa shape index (κ3) is 3.19. The minimum Gasteiger partial charge on any atom is -0.495 e. The van der Waals surface area contributed by atoms with Gasteiger partial charge in [-0.05, 0) is 31.5 Å². The number of imide groups is 1. The number of aliphatic imine (C=N–C) groups is 1. The van der Waals surface area contributed by atoms with Gasteiger partial charge in [-0.2, -0.15) is 0 Å². The average Bonchev–Trinajstić information content (AvgIpc) is 3.23. The lowest BCUT2D eigenvalue weighted by molar-refractivity contribution is -0.677. The number of ether oxygens (including phenoxy) is 1. The van der Waals surface area contributed by atoms with Crippen LogP contribution < -0.4 is 14.6 Å².